The van der Waals surface area contributed by atoms with Gasteiger partial charge in [-0.05, 0) is 115 Å². The second-order valence-corrected chi connectivity index (χ2v) is 11.9. The van der Waals surface area contributed by atoms with E-state index in [1.54, 1.807) is 0 Å². The lowest BCUT2D eigenvalue weighted by Crippen LogP contribution is -2.51. The molecule has 4 bridgehead atoms. The first kappa shape index (κ1) is 22.1. The lowest BCUT2D eigenvalue weighted by atomic mass is 9.55. The van der Waals surface area contributed by atoms with Crippen LogP contribution in [0.1, 0.15) is 105 Å². The molecule has 0 saturated heterocycles. The first-order chi connectivity index (χ1) is 14.2. The maximum absolute atomic E-state index is 13.3. The largest absolute Gasteiger partial charge is 0.462 e. The Morgan fingerprint density at radius 3 is 1.90 bits per heavy atom. The summed E-state index contributed by atoms with van der Waals surface area (Å²) < 4.78 is 12.1. The molecule has 0 spiro atoms. The minimum atomic E-state index is -0.689. The molecular formula is C26H42O4. The third-order valence-electron chi connectivity index (χ3n) is 8.87. The maximum Gasteiger partial charge on any atom is 0.312 e. The summed E-state index contributed by atoms with van der Waals surface area (Å²) in [6.07, 6.45) is 13.2. The van der Waals surface area contributed by atoms with Crippen molar-refractivity contribution < 1.29 is 19.1 Å². The van der Waals surface area contributed by atoms with E-state index < -0.39 is 10.8 Å². The van der Waals surface area contributed by atoms with Crippen LogP contribution in [-0.4, -0.2) is 24.1 Å². The van der Waals surface area contributed by atoms with Gasteiger partial charge in [-0.15, -0.1) is 0 Å². The van der Waals surface area contributed by atoms with Crippen molar-refractivity contribution in [2.24, 2.45) is 34.5 Å². The van der Waals surface area contributed by atoms with Crippen LogP contribution in [-0.2, 0) is 19.1 Å². The van der Waals surface area contributed by atoms with Crippen molar-refractivity contribution in [1.29, 1.82) is 0 Å². The number of ether oxygens (including phenoxy) is 2. The summed E-state index contributed by atoms with van der Waals surface area (Å²) in [6.45, 7) is 7.90. The van der Waals surface area contributed by atoms with Gasteiger partial charge < -0.3 is 9.47 Å². The van der Waals surface area contributed by atoms with Crippen LogP contribution in [0.5, 0.6) is 0 Å². The molecule has 4 nitrogen and oxygen atoms in total. The van der Waals surface area contributed by atoms with Crippen LogP contribution < -0.4 is 0 Å². The van der Waals surface area contributed by atoms with Gasteiger partial charge in [-0.3, -0.25) is 9.59 Å². The number of carbonyl (C=O) groups excluding carboxylic acids is 2. The molecule has 1 atom stereocenters. The molecule has 5 aliphatic carbocycles. The molecule has 0 aliphatic heterocycles. The van der Waals surface area contributed by atoms with Gasteiger partial charge in [-0.25, -0.2) is 0 Å². The fraction of sp³-hybridized carbons (Fsp3) is 0.923. The Labute approximate surface area is 182 Å². The molecular weight excluding hydrogens is 376 g/mol. The average Bonchev–Trinajstić information content (AvgIpc) is 2.70. The zero-order valence-electron chi connectivity index (χ0n) is 19.6. The summed E-state index contributed by atoms with van der Waals surface area (Å²) in [5, 5.41) is 0. The standard InChI is InChI=1S/C26H42O4/c1-5-26(4,24(28)29-21-9-7-6-8-10-21)16-25(2,3)23(27)30-22-19-12-17-11-18(14-19)15-20(22)13-17/h17-22H,5-16H2,1-4H3. The van der Waals surface area contributed by atoms with Crippen LogP contribution in [0.2, 0.25) is 0 Å². The highest BCUT2D eigenvalue weighted by Gasteiger charge is 2.51. The van der Waals surface area contributed by atoms with Crippen molar-refractivity contribution in [2.75, 3.05) is 0 Å². The van der Waals surface area contributed by atoms with Gasteiger partial charge in [0.05, 0.1) is 10.8 Å². The lowest BCUT2D eigenvalue weighted by molar-refractivity contribution is -0.184. The Kier molecular flexibility index (Phi) is 6.25. The molecule has 0 amide bonds. The summed E-state index contributed by atoms with van der Waals surface area (Å²) >= 11 is 0. The van der Waals surface area contributed by atoms with Gasteiger partial charge in [-0.1, -0.05) is 13.3 Å². The number of rotatable bonds is 7. The molecule has 1 unspecified atom stereocenters. The third-order valence-corrected chi connectivity index (χ3v) is 8.87. The van der Waals surface area contributed by atoms with E-state index in [1.165, 1.54) is 38.5 Å². The summed E-state index contributed by atoms with van der Waals surface area (Å²) in [4.78, 5) is 26.4. The second-order valence-electron chi connectivity index (χ2n) is 11.9. The molecule has 0 heterocycles. The van der Waals surface area contributed by atoms with Gasteiger partial charge >= 0.3 is 11.9 Å². The van der Waals surface area contributed by atoms with E-state index in [0.29, 0.717) is 24.7 Å². The predicted molar refractivity (Wildman–Crippen MR) is 117 cm³/mol. The van der Waals surface area contributed by atoms with E-state index in [2.05, 4.69) is 0 Å². The topological polar surface area (TPSA) is 52.6 Å². The van der Waals surface area contributed by atoms with Gasteiger partial charge in [-0.2, -0.15) is 0 Å². The monoisotopic (exact) mass is 418 g/mol. The smallest absolute Gasteiger partial charge is 0.312 e. The van der Waals surface area contributed by atoms with Crippen LogP contribution in [0.3, 0.4) is 0 Å². The minimum absolute atomic E-state index is 0.0558. The van der Waals surface area contributed by atoms with Gasteiger partial charge in [0.15, 0.2) is 0 Å². The van der Waals surface area contributed by atoms with Crippen LogP contribution >= 0.6 is 0 Å². The Bertz CT molecular complexity index is 619. The summed E-state index contributed by atoms with van der Waals surface area (Å²) in [6, 6.07) is 0. The van der Waals surface area contributed by atoms with Gasteiger partial charge in [0, 0.05) is 0 Å². The fourth-order valence-electron chi connectivity index (χ4n) is 7.22. The van der Waals surface area contributed by atoms with Gasteiger partial charge in [0.1, 0.15) is 12.2 Å². The SMILES string of the molecule is CCC(C)(CC(C)(C)C(=O)OC1C2CC3CC(C2)CC1C3)C(=O)OC1CCCCC1. The van der Waals surface area contributed by atoms with E-state index >= 15 is 0 Å². The number of carbonyl (C=O) groups is 2. The van der Waals surface area contributed by atoms with E-state index in [-0.39, 0.29) is 24.1 Å². The molecule has 5 aliphatic rings. The summed E-state index contributed by atoms with van der Waals surface area (Å²) in [7, 11) is 0. The van der Waals surface area contributed by atoms with Crippen molar-refractivity contribution in [3.8, 4) is 0 Å². The summed E-state index contributed by atoms with van der Waals surface area (Å²) in [5.41, 5.74) is -1.34. The van der Waals surface area contributed by atoms with E-state index in [4.69, 9.17) is 9.47 Å². The quantitative estimate of drug-likeness (QED) is 0.471. The molecule has 5 saturated carbocycles. The molecule has 0 aromatic rings. The van der Waals surface area contributed by atoms with Crippen molar-refractivity contribution >= 4 is 11.9 Å². The first-order valence-electron chi connectivity index (χ1n) is 12.6. The molecule has 0 aromatic carbocycles. The van der Waals surface area contributed by atoms with E-state index in [1.807, 2.05) is 27.7 Å². The second kappa shape index (κ2) is 8.47. The molecule has 5 rings (SSSR count). The lowest BCUT2D eigenvalue weighted by Gasteiger charge is -2.53. The number of hydrogen-bond donors (Lipinski definition) is 0. The van der Waals surface area contributed by atoms with E-state index in [0.717, 1.165) is 37.5 Å². The Morgan fingerprint density at radius 1 is 0.800 bits per heavy atom. The molecule has 0 N–H and O–H groups in total. The molecule has 0 radical (unpaired) electrons. The Morgan fingerprint density at radius 2 is 1.37 bits per heavy atom. The zero-order valence-corrected chi connectivity index (χ0v) is 19.6. The zero-order chi connectivity index (χ0) is 21.5. The van der Waals surface area contributed by atoms with Crippen LogP contribution in [0.25, 0.3) is 0 Å². The van der Waals surface area contributed by atoms with Crippen molar-refractivity contribution in [2.45, 2.75) is 117 Å². The highest BCUT2D eigenvalue weighted by molar-refractivity contribution is 5.80. The van der Waals surface area contributed by atoms with Crippen LogP contribution in [0.15, 0.2) is 0 Å². The van der Waals surface area contributed by atoms with Gasteiger partial charge in [0.25, 0.3) is 0 Å². The molecule has 4 heteroatoms. The first-order valence-corrected chi connectivity index (χ1v) is 12.6. The van der Waals surface area contributed by atoms with Crippen molar-refractivity contribution in [3.05, 3.63) is 0 Å². The van der Waals surface area contributed by atoms with Crippen LogP contribution in [0, 0.1) is 34.5 Å². The molecule has 170 valence electrons. The van der Waals surface area contributed by atoms with Crippen molar-refractivity contribution in [1.82, 2.24) is 0 Å². The average molecular weight is 419 g/mol. The number of esters is 2. The fourth-order valence-corrected chi connectivity index (χ4v) is 7.22. The van der Waals surface area contributed by atoms with E-state index in [9.17, 15) is 9.59 Å². The number of hydrogen-bond acceptors (Lipinski definition) is 4. The Hall–Kier alpha value is -1.06. The molecule has 5 fully saturated rings. The third kappa shape index (κ3) is 4.43. The normalized spacial score (nSPS) is 35.7. The van der Waals surface area contributed by atoms with Crippen molar-refractivity contribution in [3.63, 3.8) is 0 Å². The van der Waals surface area contributed by atoms with Crippen LogP contribution in [0.4, 0.5) is 0 Å². The van der Waals surface area contributed by atoms with Gasteiger partial charge in [0.2, 0.25) is 0 Å². The predicted octanol–water partition coefficient (Wildman–Crippen LogP) is 6.06. The molecule has 0 aromatic heterocycles. The minimum Gasteiger partial charge on any atom is -0.462 e. The maximum atomic E-state index is 13.3. The highest BCUT2D eigenvalue weighted by Crippen LogP contribution is 2.55. The summed E-state index contributed by atoms with van der Waals surface area (Å²) in [5.74, 6) is 2.61. The molecule has 30 heavy (non-hydrogen) atoms. The highest BCUT2D eigenvalue weighted by atomic mass is 16.6. The Balaban J connectivity index is 1.37.